The summed E-state index contributed by atoms with van der Waals surface area (Å²) in [5.74, 6) is 0.745. The van der Waals surface area contributed by atoms with Gasteiger partial charge < -0.3 is 15.0 Å². The molecule has 2 aliphatic rings. The fraction of sp³-hybridized carbons (Fsp3) is 0.833. The van der Waals surface area contributed by atoms with Crippen LogP contribution in [-0.4, -0.2) is 48.5 Å². The molecule has 0 aromatic heterocycles. The highest BCUT2D eigenvalue weighted by molar-refractivity contribution is 6.18. The van der Waals surface area contributed by atoms with Gasteiger partial charge in [0.05, 0.1) is 5.88 Å². The zero-order valence-corrected chi connectivity index (χ0v) is 11.1. The largest absolute Gasteiger partial charge is 0.448 e. The second-order valence-corrected chi connectivity index (χ2v) is 5.23. The van der Waals surface area contributed by atoms with Gasteiger partial charge in [-0.1, -0.05) is 0 Å². The summed E-state index contributed by atoms with van der Waals surface area (Å²) in [7, 11) is 0. The highest BCUT2D eigenvalue weighted by Crippen LogP contribution is 2.29. The normalized spacial score (nSPS) is 20.6. The first-order valence-corrected chi connectivity index (χ1v) is 7.02. The number of carbonyl (C=O) groups excluding carboxylic acids is 2. The summed E-state index contributed by atoms with van der Waals surface area (Å²) >= 11 is 5.46. The van der Waals surface area contributed by atoms with Gasteiger partial charge in [0.15, 0.2) is 0 Å². The number of halogens is 1. The molecule has 0 aromatic carbocycles. The molecule has 6 heteroatoms. The minimum atomic E-state index is -0.303. The topological polar surface area (TPSA) is 58.6 Å². The van der Waals surface area contributed by atoms with E-state index in [1.54, 1.807) is 4.90 Å². The predicted octanol–water partition coefficient (Wildman–Crippen LogP) is 1.35. The molecule has 1 aliphatic carbocycles. The fourth-order valence-corrected chi connectivity index (χ4v) is 2.17. The van der Waals surface area contributed by atoms with Crippen LogP contribution in [0, 0.1) is 5.92 Å². The molecule has 0 aromatic rings. The summed E-state index contributed by atoms with van der Waals surface area (Å²) in [6.07, 6.45) is 3.34. The van der Waals surface area contributed by atoms with Crippen LogP contribution in [0.15, 0.2) is 0 Å². The van der Waals surface area contributed by atoms with Crippen molar-refractivity contribution in [3.63, 3.8) is 0 Å². The number of likely N-dealkylation sites (tertiary alicyclic amines) is 1. The number of hydrogen-bond acceptors (Lipinski definition) is 3. The van der Waals surface area contributed by atoms with Crippen molar-refractivity contribution in [1.29, 1.82) is 0 Å². The molecule has 0 bridgehead atoms. The highest BCUT2D eigenvalue weighted by Gasteiger charge is 2.32. The molecular weight excluding hydrogens is 256 g/mol. The first-order valence-electron chi connectivity index (χ1n) is 6.48. The molecular formula is C12H19ClN2O3. The molecule has 1 N–H and O–H groups in total. The molecule has 1 aliphatic heterocycles. The maximum absolute atomic E-state index is 11.6. The Morgan fingerprint density at radius 2 is 1.89 bits per heavy atom. The van der Waals surface area contributed by atoms with Gasteiger partial charge in [0.2, 0.25) is 5.91 Å². The van der Waals surface area contributed by atoms with E-state index >= 15 is 0 Å². The predicted molar refractivity (Wildman–Crippen MR) is 67.5 cm³/mol. The van der Waals surface area contributed by atoms with Gasteiger partial charge in [0, 0.05) is 25.0 Å². The van der Waals surface area contributed by atoms with Crippen molar-refractivity contribution in [2.45, 2.75) is 31.7 Å². The summed E-state index contributed by atoms with van der Waals surface area (Å²) in [5.41, 5.74) is 0. The van der Waals surface area contributed by atoms with Crippen LogP contribution in [0.4, 0.5) is 4.79 Å². The van der Waals surface area contributed by atoms with E-state index in [0.717, 1.165) is 25.7 Å². The fourth-order valence-electron chi connectivity index (χ4n) is 2.09. The first kappa shape index (κ1) is 13.5. The average Bonchev–Trinajstić information content (AvgIpc) is 3.21. The third-order valence-corrected chi connectivity index (χ3v) is 3.50. The Morgan fingerprint density at radius 3 is 2.44 bits per heavy atom. The maximum atomic E-state index is 11.6. The molecule has 5 nitrogen and oxygen atoms in total. The van der Waals surface area contributed by atoms with E-state index in [0.29, 0.717) is 19.0 Å². The lowest BCUT2D eigenvalue weighted by molar-refractivity contribution is -0.123. The zero-order valence-electron chi connectivity index (χ0n) is 10.4. The van der Waals surface area contributed by atoms with Gasteiger partial charge in [-0.25, -0.2) is 4.79 Å². The van der Waals surface area contributed by atoms with Crippen LogP contribution < -0.4 is 5.32 Å². The number of amides is 2. The molecule has 18 heavy (non-hydrogen) atoms. The van der Waals surface area contributed by atoms with Crippen molar-refractivity contribution >= 4 is 23.6 Å². The Bertz CT molecular complexity index is 312. The molecule has 2 fully saturated rings. The van der Waals surface area contributed by atoms with Crippen molar-refractivity contribution in [2.24, 2.45) is 5.92 Å². The quantitative estimate of drug-likeness (QED) is 0.788. The Morgan fingerprint density at radius 1 is 1.22 bits per heavy atom. The third-order valence-electron chi connectivity index (χ3n) is 3.35. The van der Waals surface area contributed by atoms with Crippen molar-refractivity contribution < 1.29 is 14.3 Å². The molecule has 102 valence electrons. The smallest absolute Gasteiger partial charge is 0.409 e. The van der Waals surface area contributed by atoms with Gasteiger partial charge in [0.1, 0.15) is 6.61 Å². The number of nitrogens with one attached hydrogen (secondary N) is 1. The zero-order chi connectivity index (χ0) is 13.0. The Hall–Kier alpha value is -0.970. The van der Waals surface area contributed by atoms with Gasteiger partial charge in [-0.3, -0.25) is 4.79 Å². The molecule has 0 radical (unpaired) electrons. The van der Waals surface area contributed by atoms with Gasteiger partial charge in [-0.15, -0.1) is 11.6 Å². The molecule has 0 spiro atoms. The molecule has 0 atom stereocenters. The summed E-state index contributed by atoms with van der Waals surface area (Å²) < 4.78 is 4.96. The number of piperidine rings is 1. The lowest BCUT2D eigenvalue weighted by Crippen LogP contribution is -2.47. The number of ether oxygens (including phenoxy) is 1. The van der Waals surface area contributed by atoms with Gasteiger partial charge in [-0.05, 0) is 25.7 Å². The van der Waals surface area contributed by atoms with Crippen molar-refractivity contribution in [3.8, 4) is 0 Å². The Balaban J connectivity index is 1.67. The number of rotatable bonds is 4. The second-order valence-electron chi connectivity index (χ2n) is 4.85. The summed E-state index contributed by atoms with van der Waals surface area (Å²) in [6.45, 7) is 1.52. The van der Waals surface area contributed by atoms with Crippen LogP contribution in [0.2, 0.25) is 0 Å². The lowest BCUT2D eigenvalue weighted by Gasteiger charge is -2.31. The van der Waals surface area contributed by atoms with E-state index in [1.165, 1.54) is 0 Å². The van der Waals surface area contributed by atoms with Crippen LogP contribution in [0.25, 0.3) is 0 Å². The van der Waals surface area contributed by atoms with Crippen molar-refractivity contribution in [1.82, 2.24) is 10.2 Å². The van der Waals surface area contributed by atoms with E-state index in [-0.39, 0.29) is 30.6 Å². The van der Waals surface area contributed by atoms with Crippen LogP contribution in [-0.2, 0) is 9.53 Å². The lowest BCUT2D eigenvalue weighted by atomic mass is 10.1. The standard InChI is InChI=1S/C12H19ClN2O3/c13-5-8-18-12(17)15-6-3-10(4-7-15)14-11(16)9-1-2-9/h9-10H,1-8H2,(H,14,16). The maximum Gasteiger partial charge on any atom is 0.409 e. The minimum Gasteiger partial charge on any atom is -0.448 e. The summed E-state index contributed by atoms with van der Waals surface area (Å²) in [5, 5.41) is 3.04. The Labute approximate surface area is 112 Å². The van der Waals surface area contributed by atoms with Crippen LogP contribution in [0.3, 0.4) is 0 Å². The average molecular weight is 275 g/mol. The molecule has 0 unspecified atom stereocenters. The monoisotopic (exact) mass is 274 g/mol. The highest BCUT2D eigenvalue weighted by atomic mass is 35.5. The summed E-state index contributed by atoms with van der Waals surface area (Å²) in [4.78, 5) is 24.8. The van der Waals surface area contributed by atoms with Gasteiger partial charge in [-0.2, -0.15) is 0 Å². The van der Waals surface area contributed by atoms with E-state index in [1.807, 2.05) is 0 Å². The minimum absolute atomic E-state index is 0.179. The Kier molecular flexibility index (Phi) is 4.69. The van der Waals surface area contributed by atoms with E-state index in [2.05, 4.69) is 5.32 Å². The molecule has 2 amide bonds. The SMILES string of the molecule is O=C(NC1CCN(C(=O)OCCCl)CC1)C1CC1. The number of hydrogen-bond donors (Lipinski definition) is 1. The molecule has 1 heterocycles. The van der Waals surface area contributed by atoms with Crippen molar-refractivity contribution in [3.05, 3.63) is 0 Å². The van der Waals surface area contributed by atoms with Gasteiger partial charge >= 0.3 is 6.09 Å². The molecule has 1 saturated heterocycles. The van der Waals surface area contributed by atoms with E-state index in [9.17, 15) is 9.59 Å². The van der Waals surface area contributed by atoms with Crippen LogP contribution >= 0.6 is 11.6 Å². The number of nitrogens with zero attached hydrogens (tertiary/aromatic N) is 1. The second kappa shape index (κ2) is 6.27. The van der Waals surface area contributed by atoms with E-state index in [4.69, 9.17) is 16.3 Å². The van der Waals surface area contributed by atoms with Crippen molar-refractivity contribution in [2.75, 3.05) is 25.6 Å². The van der Waals surface area contributed by atoms with Gasteiger partial charge in [0.25, 0.3) is 0 Å². The molecule has 2 rings (SSSR count). The van der Waals surface area contributed by atoms with Crippen LogP contribution in [0.5, 0.6) is 0 Å². The number of alkyl halides is 1. The summed E-state index contributed by atoms with van der Waals surface area (Å²) in [6, 6.07) is 0.204. The third kappa shape index (κ3) is 3.77. The van der Waals surface area contributed by atoms with E-state index < -0.39 is 0 Å². The molecule has 1 saturated carbocycles. The van der Waals surface area contributed by atoms with Crippen LogP contribution in [0.1, 0.15) is 25.7 Å². The first-order chi connectivity index (χ1) is 8.70. The number of carbonyl (C=O) groups is 2.